The van der Waals surface area contributed by atoms with E-state index in [1.54, 1.807) is 11.2 Å². The van der Waals surface area contributed by atoms with Crippen LogP contribution in [0.15, 0.2) is 54.9 Å². The standard InChI is InChI=1S/C23H28N4O2S/c1-2-30(28,29)27-11-8-21(9-12-27)26-23-14-20(13-19-7-10-25-16-22(19)23)18-5-3-17(15-24)4-6-18/h3-7,10,13-14,16,21,26H,2,8-9,11-12,15,24H2,1H3. The van der Waals surface area contributed by atoms with E-state index >= 15 is 0 Å². The molecule has 0 atom stereocenters. The fraction of sp³-hybridized carbons (Fsp3) is 0.348. The number of hydrogen-bond donors (Lipinski definition) is 2. The van der Waals surface area contributed by atoms with Crippen molar-refractivity contribution < 1.29 is 8.42 Å². The van der Waals surface area contributed by atoms with Crippen LogP contribution in [0.3, 0.4) is 0 Å². The summed E-state index contributed by atoms with van der Waals surface area (Å²) in [7, 11) is -3.11. The highest BCUT2D eigenvalue weighted by molar-refractivity contribution is 7.89. The fourth-order valence-corrected chi connectivity index (χ4v) is 5.13. The number of fused-ring (bicyclic) bond motifs is 1. The Labute approximate surface area is 178 Å². The van der Waals surface area contributed by atoms with E-state index in [1.807, 2.05) is 18.5 Å². The van der Waals surface area contributed by atoms with E-state index in [4.69, 9.17) is 5.73 Å². The van der Waals surface area contributed by atoms with Gasteiger partial charge in [0.25, 0.3) is 0 Å². The van der Waals surface area contributed by atoms with Crippen molar-refractivity contribution in [1.29, 1.82) is 0 Å². The van der Waals surface area contributed by atoms with Gasteiger partial charge in [-0.1, -0.05) is 24.3 Å². The van der Waals surface area contributed by atoms with Crippen LogP contribution in [0.4, 0.5) is 5.69 Å². The topological polar surface area (TPSA) is 88.3 Å². The minimum absolute atomic E-state index is 0.159. The van der Waals surface area contributed by atoms with E-state index in [0.717, 1.165) is 46.0 Å². The number of rotatable bonds is 6. The fourth-order valence-electron chi connectivity index (χ4n) is 4.00. The Bertz CT molecular complexity index is 1120. The highest BCUT2D eigenvalue weighted by Gasteiger charge is 2.26. The monoisotopic (exact) mass is 424 g/mol. The summed E-state index contributed by atoms with van der Waals surface area (Å²) in [6.45, 7) is 3.35. The maximum atomic E-state index is 12.1. The second-order valence-electron chi connectivity index (χ2n) is 7.74. The van der Waals surface area contributed by atoms with Gasteiger partial charge in [-0.25, -0.2) is 12.7 Å². The van der Waals surface area contributed by atoms with Crippen molar-refractivity contribution in [3.8, 4) is 11.1 Å². The third-order valence-corrected chi connectivity index (χ3v) is 7.73. The van der Waals surface area contributed by atoms with Gasteiger partial charge in [0.15, 0.2) is 0 Å². The Morgan fingerprint density at radius 1 is 1.10 bits per heavy atom. The molecule has 0 aliphatic carbocycles. The van der Waals surface area contributed by atoms with Crippen molar-refractivity contribution in [1.82, 2.24) is 9.29 Å². The molecule has 3 aromatic rings. The summed E-state index contributed by atoms with van der Waals surface area (Å²) in [5, 5.41) is 5.86. The number of anilines is 1. The van der Waals surface area contributed by atoms with Crippen LogP contribution in [0.1, 0.15) is 25.3 Å². The zero-order valence-electron chi connectivity index (χ0n) is 17.2. The SMILES string of the molecule is CCS(=O)(=O)N1CCC(Nc2cc(-c3ccc(CN)cc3)cc3ccncc23)CC1. The molecule has 2 heterocycles. The molecule has 1 aliphatic rings. The number of aromatic nitrogens is 1. The van der Waals surface area contributed by atoms with Crippen molar-refractivity contribution in [2.24, 2.45) is 5.73 Å². The van der Waals surface area contributed by atoms with Crippen LogP contribution >= 0.6 is 0 Å². The molecule has 6 nitrogen and oxygen atoms in total. The zero-order chi connectivity index (χ0) is 21.1. The molecule has 1 fully saturated rings. The molecule has 0 spiro atoms. The Hall–Kier alpha value is -2.48. The molecule has 1 aliphatic heterocycles. The Balaban J connectivity index is 1.60. The van der Waals surface area contributed by atoms with Crippen molar-refractivity contribution in [3.63, 3.8) is 0 Å². The van der Waals surface area contributed by atoms with Gasteiger partial charge in [0.05, 0.1) is 5.75 Å². The first-order valence-corrected chi connectivity index (χ1v) is 12.0. The summed E-state index contributed by atoms with van der Waals surface area (Å²) in [4.78, 5) is 4.31. The minimum atomic E-state index is -3.11. The molecule has 7 heteroatoms. The zero-order valence-corrected chi connectivity index (χ0v) is 18.0. The van der Waals surface area contributed by atoms with Gasteiger partial charge in [-0.05, 0) is 60.0 Å². The van der Waals surface area contributed by atoms with Gasteiger partial charge < -0.3 is 11.1 Å². The van der Waals surface area contributed by atoms with E-state index in [-0.39, 0.29) is 11.8 Å². The molecular formula is C23H28N4O2S. The minimum Gasteiger partial charge on any atom is -0.382 e. The summed E-state index contributed by atoms with van der Waals surface area (Å²) >= 11 is 0. The van der Waals surface area contributed by atoms with Gasteiger partial charge in [0.1, 0.15) is 0 Å². The molecule has 158 valence electrons. The molecule has 4 rings (SSSR count). The Kier molecular flexibility index (Phi) is 6.04. The second kappa shape index (κ2) is 8.71. The smallest absolute Gasteiger partial charge is 0.213 e. The van der Waals surface area contributed by atoms with Crippen molar-refractivity contribution in [3.05, 3.63) is 60.4 Å². The molecule has 2 aromatic carbocycles. The number of piperidine rings is 1. The van der Waals surface area contributed by atoms with Crippen LogP contribution in [0.25, 0.3) is 21.9 Å². The summed E-state index contributed by atoms with van der Waals surface area (Å²) in [6.07, 6.45) is 5.27. The lowest BCUT2D eigenvalue weighted by Crippen LogP contribution is -2.42. The molecule has 0 unspecified atom stereocenters. The van der Waals surface area contributed by atoms with Crippen LogP contribution < -0.4 is 11.1 Å². The number of nitrogens with zero attached hydrogens (tertiary/aromatic N) is 2. The number of nitrogens with one attached hydrogen (secondary N) is 1. The van der Waals surface area contributed by atoms with Gasteiger partial charge >= 0.3 is 0 Å². The molecule has 0 amide bonds. The number of benzene rings is 2. The summed E-state index contributed by atoms with van der Waals surface area (Å²) in [5.41, 5.74) is 10.1. The largest absolute Gasteiger partial charge is 0.382 e. The van der Waals surface area contributed by atoms with Crippen molar-refractivity contribution in [2.75, 3.05) is 24.2 Å². The average molecular weight is 425 g/mol. The van der Waals surface area contributed by atoms with Gasteiger partial charge in [0, 0.05) is 49.1 Å². The van der Waals surface area contributed by atoms with E-state index in [1.165, 1.54) is 0 Å². The normalized spacial score (nSPS) is 16.1. The predicted molar refractivity (Wildman–Crippen MR) is 123 cm³/mol. The lowest BCUT2D eigenvalue weighted by Gasteiger charge is -2.32. The molecule has 1 aromatic heterocycles. The highest BCUT2D eigenvalue weighted by Crippen LogP contribution is 2.32. The molecule has 1 saturated heterocycles. The lowest BCUT2D eigenvalue weighted by atomic mass is 9.98. The molecule has 0 saturated carbocycles. The Morgan fingerprint density at radius 2 is 1.83 bits per heavy atom. The van der Waals surface area contributed by atoms with E-state index in [2.05, 4.69) is 46.7 Å². The average Bonchev–Trinajstić information content (AvgIpc) is 2.79. The third-order valence-electron chi connectivity index (χ3n) is 5.85. The molecule has 0 bridgehead atoms. The lowest BCUT2D eigenvalue weighted by molar-refractivity contribution is 0.330. The van der Waals surface area contributed by atoms with Crippen LogP contribution in [-0.4, -0.2) is 42.6 Å². The van der Waals surface area contributed by atoms with E-state index in [9.17, 15) is 8.42 Å². The van der Waals surface area contributed by atoms with Crippen LogP contribution in [0, 0.1) is 0 Å². The number of nitrogens with two attached hydrogens (primary N) is 1. The van der Waals surface area contributed by atoms with Crippen molar-refractivity contribution >= 4 is 26.5 Å². The van der Waals surface area contributed by atoms with Crippen LogP contribution in [0.5, 0.6) is 0 Å². The number of sulfonamides is 1. The van der Waals surface area contributed by atoms with Gasteiger partial charge in [-0.3, -0.25) is 4.98 Å². The van der Waals surface area contributed by atoms with Gasteiger partial charge in [0.2, 0.25) is 10.0 Å². The Morgan fingerprint density at radius 3 is 2.50 bits per heavy atom. The number of hydrogen-bond acceptors (Lipinski definition) is 5. The van der Waals surface area contributed by atoms with E-state index in [0.29, 0.717) is 19.6 Å². The molecular weight excluding hydrogens is 396 g/mol. The molecule has 3 N–H and O–H groups in total. The first kappa shape index (κ1) is 20.8. The maximum Gasteiger partial charge on any atom is 0.213 e. The molecule has 30 heavy (non-hydrogen) atoms. The first-order chi connectivity index (χ1) is 14.5. The highest BCUT2D eigenvalue weighted by atomic mass is 32.2. The van der Waals surface area contributed by atoms with Crippen molar-refractivity contribution in [2.45, 2.75) is 32.4 Å². The quantitative estimate of drug-likeness (QED) is 0.631. The second-order valence-corrected chi connectivity index (χ2v) is 10.00. The van der Waals surface area contributed by atoms with E-state index < -0.39 is 10.0 Å². The molecule has 0 radical (unpaired) electrons. The van der Waals surface area contributed by atoms with Crippen LogP contribution in [-0.2, 0) is 16.6 Å². The summed E-state index contributed by atoms with van der Waals surface area (Å²) < 4.78 is 25.9. The summed E-state index contributed by atoms with van der Waals surface area (Å²) in [5.74, 6) is 0.159. The van der Waals surface area contributed by atoms with Gasteiger partial charge in [-0.2, -0.15) is 0 Å². The van der Waals surface area contributed by atoms with Crippen LogP contribution in [0.2, 0.25) is 0 Å². The first-order valence-electron chi connectivity index (χ1n) is 10.4. The predicted octanol–water partition coefficient (Wildman–Crippen LogP) is 3.59. The third kappa shape index (κ3) is 4.33. The maximum absolute atomic E-state index is 12.1. The number of pyridine rings is 1. The summed E-state index contributed by atoms with van der Waals surface area (Å²) in [6, 6.07) is 14.9. The van der Waals surface area contributed by atoms with Gasteiger partial charge in [-0.15, -0.1) is 0 Å².